The molecule has 1 aromatic carbocycles. The number of hydrogen-bond donors (Lipinski definition) is 1. The van der Waals surface area contributed by atoms with E-state index in [0.717, 1.165) is 0 Å². The molecule has 1 N–H and O–H groups in total. The molecule has 0 aliphatic rings. The van der Waals surface area contributed by atoms with Crippen molar-refractivity contribution in [1.29, 1.82) is 0 Å². The van der Waals surface area contributed by atoms with Crippen LogP contribution in [0.25, 0.3) is 0 Å². The quantitative estimate of drug-likeness (QED) is 0.797. The molecule has 0 saturated carbocycles. The highest BCUT2D eigenvalue weighted by molar-refractivity contribution is 7.98. The van der Waals surface area contributed by atoms with Gasteiger partial charge in [-0.25, -0.2) is 0 Å². The molecule has 17 heavy (non-hydrogen) atoms. The van der Waals surface area contributed by atoms with E-state index in [1.807, 2.05) is 18.2 Å². The largest absolute Gasteiger partial charge is 0.396 e. The monoisotopic (exact) mass is 250 g/mol. The number of aromatic nitrogens is 2. The van der Waals surface area contributed by atoms with Crippen LogP contribution in [0.5, 0.6) is 0 Å². The van der Waals surface area contributed by atoms with E-state index in [1.54, 1.807) is 11.8 Å². The Hall–Kier alpha value is -1.33. The molecule has 0 unspecified atom stereocenters. The first-order chi connectivity index (χ1) is 8.38. The van der Waals surface area contributed by atoms with Crippen molar-refractivity contribution in [2.24, 2.45) is 0 Å². The number of nitrogens with zero attached hydrogens (tertiary/aromatic N) is 2. The highest BCUT2D eigenvalue weighted by atomic mass is 32.2. The molecular formula is C12H14N2O2S. The van der Waals surface area contributed by atoms with Crippen LogP contribution in [-0.4, -0.2) is 21.9 Å². The molecule has 0 amide bonds. The fourth-order valence-corrected chi connectivity index (χ4v) is 2.11. The zero-order valence-electron chi connectivity index (χ0n) is 9.37. The second-order valence-electron chi connectivity index (χ2n) is 3.53. The molecule has 0 saturated heterocycles. The molecule has 0 aliphatic carbocycles. The molecular weight excluding hydrogens is 236 g/mol. The molecule has 0 radical (unpaired) electrons. The van der Waals surface area contributed by atoms with Crippen molar-refractivity contribution in [2.45, 2.75) is 23.5 Å². The Labute approximate surface area is 104 Å². The number of benzene rings is 1. The van der Waals surface area contributed by atoms with Gasteiger partial charge in [0.15, 0.2) is 5.82 Å². The fourth-order valence-electron chi connectivity index (χ4n) is 1.35. The molecule has 90 valence electrons. The third kappa shape index (κ3) is 3.87. The van der Waals surface area contributed by atoms with E-state index < -0.39 is 0 Å². The van der Waals surface area contributed by atoms with Crippen molar-refractivity contribution in [3.63, 3.8) is 0 Å². The summed E-state index contributed by atoms with van der Waals surface area (Å²) >= 11 is 1.68. The van der Waals surface area contributed by atoms with Gasteiger partial charge in [-0.3, -0.25) is 0 Å². The molecule has 0 spiro atoms. The predicted octanol–water partition coefficient (Wildman–Crippen LogP) is 2.29. The number of aliphatic hydroxyl groups excluding tert-OH is 1. The maximum atomic E-state index is 8.69. The lowest BCUT2D eigenvalue weighted by molar-refractivity contribution is 0.278. The maximum Gasteiger partial charge on any atom is 0.226 e. The summed E-state index contributed by atoms with van der Waals surface area (Å²) in [7, 11) is 0. The summed E-state index contributed by atoms with van der Waals surface area (Å²) in [5, 5.41) is 12.6. The first-order valence-corrected chi connectivity index (χ1v) is 6.47. The summed E-state index contributed by atoms with van der Waals surface area (Å²) in [5.41, 5.74) is 0. The predicted molar refractivity (Wildman–Crippen MR) is 65.7 cm³/mol. The van der Waals surface area contributed by atoms with Crippen molar-refractivity contribution in [1.82, 2.24) is 10.1 Å². The second kappa shape index (κ2) is 6.42. The third-order valence-corrected chi connectivity index (χ3v) is 3.18. The van der Waals surface area contributed by atoms with Gasteiger partial charge in [-0.05, 0) is 18.6 Å². The molecule has 2 aromatic rings. The van der Waals surface area contributed by atoms with Gasteiger partial charge >= 0.3 is 0 Å². The summed E-state index contributed by atoms with van der Waals surface area (Å²) in [6.45, 7) is 0.149. The third-order valence-electron chi connectivity index (χ3n) is 2.17. The van der Waals surface area contributed by atoms with E-state index in [4.69, 9.17) is 9.63 Å². The normalized spacial score (nSPS) is 10.6. The second-order valence-corrected chi connectivity index (χ2v) is 4.58. The van der Waals surface area contributed by atoms with Crippen molar-refractivity contribution in [3.05, 3.63) is 42.0 Å². The van der Waals surface area contributed by atoms with Crippen LogP contribution in [0, 0.1) is 0 Å². The Balaban J connectivity index is 1.85. The Bertz CT molecular complexity index is 445. The summed E-state index contributed by atoms with van der Waals surface area (Å²) < 4.78 is 5.07. The molecule has 4 nitrogen and oxygen atoms in total. The van der Waals surface area contributed by atoms with Gasteiger partial charge in [0.05, 0.1) is 5.75 Å². The van der Waals surface area contributed by atoms with E-state index in [1.165, 1.54) is 4.90 Å². The highest BCUT2D eigenvalue weighted by Gasteiger charge is 2.06. The van der Waals surface area contributed by atoms with Gasteiger partial charge in [-0.1, -0.05) is 23.4 Å². The minimum Gasteiger partial charge on any atom is -0.396 e. The van der Waals surface area contributed by atoms with Crippen LogP contribution >= 0.6 is 11.8 Å². The van der Waals surface area contributed by atoms with Gasteiger partial charge in [0.2, 0.25) is 5.89 Å². The summed E-state index contributed by atoms with van der Waals surface area (Å²) in [6.07, 6.45) is 1.30. The van der Waals surface area contributed by atoms with Gasteiger partial charge in [-0.15, -0.1) is 11.8 Å². The topological polar surface area (TPSA) is 59.2 Å². The van der Waals surface area contributed by atoms with Crippen LogP contribution in [0.1, 0.15) is 18.1 Å². The standard InChI is InChI=1S/C12H14N2O2S/c15-8-4-7-12-13-11(14-16-12)9-17-10-5-2-1-3-6-10/h1-3,5-6,15H,4,7-9H2. The van der Waals surface area contributed by atoms with Gasteiger partial charge in [0.1, 0.15) is 0 Å². The van der Waals surface area contributed by atoms with Crippen molar-refractivity contribution < 1.29 is 9.63 Å². The minimum absolute atomic E-state index is 0.149. The smallest absolute Gasteiger partial charge is 0.226 e. The Morgan fingerprint density at radius 2 is 2.06 bits per heavy atom. The van der Waals surface area contributed by atoms with Gasteiger partial charge < -0.3 is 9.63 Å². The molecule has 0 atom stereocenters. The van der Waals surface area contributed by atoms with Crippen LogP contribution in [0.4, 0.5) is 0 Å². The fraction of sp³-hybridized carbons (Fsp3) is 0.333. The van der Waals surface area contributed by atoms with Gasteiger partial charge in [-0.2, -0.15) is 4.98 Å². The number of aliphatic hydroxyl groups is 1. The lowest BCUT2D eigenvalue weighted by Crippen LogP contribution is -1.90. The SMILES string of the molecule is OCCCc1nc(CSc2ccccc2)no1. The van der Waals surface area contributed by atoms with Crippen LogP contribution in [0.2, 0.25) is 0 Å². The zero-order valence-corrected chi connectivity index (χ0v) is 10.2. The average Bonchev–Trinajstić information content (AvgIpc) is 2.83. The van der Waals surface area contributed by atoms with E-state index >= 15 is 0 Å². The Kier molecular flexibility index (Phi) is 4.58. The molecule has 0 fully saturated rings. The number of aryl methyl sites for hydroxylation is 1. The molecule has 0 bridgehead atoms. The number of hydrogen-bond acceptors (Lipinski definition) is 5. The van der Waals surface area contributed by atoms with Crippen LogP contribution in [0.15, 0.2) is 39.8 Å². The van der Waals surface area contributed by atoms with Crippen molar-refractivity contribution >= 4 is 11.8 Å². The first kappa shape index (κ1) is 12.1. The average molecular weight is 250 g/mol. The summed E-state index contributed by atoms with van der Waals surface area (Å²) in [4.78, 5) is 5.44. The molecule has 1 heterocycles. The molecule has 5 heteroatoms. The minimum atomic E-state index is 0.149. The first-order valence-electron chi connectivity index (χ1n) is 5.48. The Morgan fingerprint density at radius 1 is 1.24 bits per heavy atom. The van der Waals surface area contributed by atoms with E-state index in [-0.39, 0.29) is 6.61 Å². The summed E-state index contributed by atoms with van der Waals surface area (Å²) in [6, 6.07) is 10.1. The van der Waals surface area contributed by atoms with E-state index in [0.29, 0.717) is 30.3 Å². The molecule has 0 aliphatic heterocycles. The lowest BCUT2D eigenvalue weighted by Gasteiger charge is -1.96. The van der Waals surface area contributed by atoms with E-state index in [2.05, 4.69) is 22.3 Å². The van der Waals surface area contributed by atoms with E-state index in [9.17, 15) is 0 Å². The van der Waals surface area contributed by atoms with Crippen LogP contribution in [0.3, 0.4) is 0 Å². The Morgan fingerprint density at radius 3 is 2.82 bits per heavy atom. The maximum absolute atomic E-state index is 8.69. The highest BCUT2D eigenvalue weighted by Crippen LogP contribution is 2.20. The van der Waals surface area contributed by atoms with Crippen LogP contribution in [-0.2, 0) is 12.2 Å². The molecule has 2 rings (SSSR count). The number of rotatable bonds is 6. The van der Waals surface area contributed by atoms with Gasteiger partial charge in [0.25, 0.3) is 0 Å². The van der Waals surface area contributed by atoms with Crippen molar-refractivity contribution in [2.75, 3.05) is 6.61 Å². The van der Waals surface area contributed by atoms with Gasteiger partial charge in [0, 0.05) is 17.9 Å². The van der Waals surface area contributed by atoms with Crippen molar-refractivity contribution in [3.8, 4) is 0 Å². The summed E-state index contributed by atoms with van der Waals surface area (Å²) in [5.74, 6) is 2.00. The lowest BCUT2D eigenvalue weighted by atomic mass is 10.3. The van der Waals surface area contributed by atoms with Crippen LogP contribution < -0.4 is 0 Å². The zero-order chi connectivity index (χ0) is 11.9. The molecule has 1 aromatic heterocycles. The number of thioether (sulfide) groups is 1.